The molecule has 28 heavy (non-hydrogen) atoms. The van der Waals surface area contributed by atoms with Crippen LogP contribution in [0.3, 0.4) is 0 Å². The van der Waals surface area contributed by atoms with Gasteiger partial charge in [-0.3, -0.25) is 14.6 Å². The minimum absolute atomic E-state index is 0.213. The van der Waals surface area contributed by atoms with E-state index >= 15 is 0 Å². The van der Waals surface area contributed by atoms with Crippen LogP contribution in [0.4, 0.5) is 11.6 Å². The quantitative estimate of drug-likeness (QED) is 0.872. The highest BCUT2D eigenvalue weighted by Crippen LogP contribution is 2.27. The zero-order valence-corrected chi connectivity index (χ0v) is 15.8. The smallest absolute Gasteiger partial charge is 0.277 e. The number of anilines is 2. The standard InChI is InChI=1S/C20H24N6O2/c27-19(24-17-7-3-4-8-22-17)16-13-21-14-18(23-16)25-9-11-26(12-10-25)20(28)15-5-1-2-6-15/h3-4,7-8,13-15H,1-2,5-6,9-12H2,(H,22,24,27). The third-order valence-corrected chi connectivity index (χ3v) is 5.38. The number of hydrogen-bond donors (Lipinski definition) is 1. The van der Waals surface area contributed by atoms with Gasteiger partial charge in [-0.15, -0.1) is 0 Å². The summed E-state index contributed by atoms with van der Waals surface area (Å²) in [5, 5.41) is 2.72. The summed E-state index contributed by atoms with van der Waals surface area (Å²) in [6, 6.07) is 5.31. The molecule has 0 unspecified atom stereocenters. The first kappa shape index (κ1) is 18.3. The molecule has 146 valence electrons. The fourth-order valence-corrected chi connectivity index (χ4v) is 3.82. The van der Waals surface area contributed by atoms with E-state index in [9.17, 15) is 9.59 Å². The normalized spacial score (nSPS) is 17.6. The van der Waals surface area contributed by atoms with Crippen LogP contribution in [0, 0.1) is 5.92 Å². The van der Waals surface area contributed by atoms with E-state index in [1.165, 1.54) is 19.0 Å². The molecule has 2 amide bonds. The Morgan fingerprint density at radius 2 is 1.82 bits per heavy atom. The number of nitrogens with zero attached hydrogens (tertiary/aromatic N) is 5. The Kier molecular flexibility index (Phi) is 5.45. The van der Waals surface area contributed by atoms with Gasteiger partial charge in [0.25, 0.3) is 5.91 Å². The summed E-state index contributed by atoms with van der Waals surface area (Å²) < 4.78 is 0. The fraction of sp³-hybridized carbons (Fsp3) is 0.450. The van der Waals surface area contributed by atoms with Crippen LogP contribution in [-0.2, 0) is 4.79 Å². The number of piperazine rings is 1. The van der Waals surface area contributed by atoms with Crippen LogP contribution in [0.25, 0.3) is 0 Å². The lowest BCUT2D eigenvalue weighted by atomic mass is 10.1. The molecule has 0 radical (unpaired) electrons. The van der Waals surface area contributed by atoms with Gasteiger partial charge in [0.15, 0.2) is 0 Å². The summed E-state index contributed by atoms with van der Waals surface area (Å²) in [4.78, 5) is 41.8. The number of aromatic nitrogens is 3. The predicted molar refractivity (Wildman–Crippen MR) is 105 cm³/mol. The fourth-order valence-electron chi connectivity index (χ4n) is 3.82. The van der Waals surface area contributed by atoms with E-state index < -0.39 is 0 Å². The molecule has 1 aliphatic heterocycles. The van der Waals surface area contributed by atoms with Crippen molar-refractivity contribution in [1.29, 1.82) is 0 Å². The van der Waals surface area contributed by atoms with Gasteiger partial charge in [-0.2, -0.15) is 0 Å². The van der Waals surface area contributed by atoms with Crippen molar-refractivity contribution in [2.24, 2.45) is 5.92 Å². The molecule has 2 fully saturated rings. The van der Waals surface area contributed by atoms with Crippen molar-refractivity contribution in [3.63, 3.8) is 0 Å². The molecule has 0 aromatic carbocycles. The van der Waals surface area contributed by atoms with Gasteiger partial charge in [-0.1, -0.05) is 18.9 Å². The van der Waals surface area contributed by atoms with Crippen LogP contribution in [0.5, 0.6) is 0 Å². The maximum Gasteiger partial charge on any atom is 0.277 e. The molecule has 2 aromatic rings. The second kappa shape index (κ2) is 8.33. The van der Waals surface area contributed by atoms with E-state index in [-0.39, 0.29) is 17.5 Å². The highest BCUT2D eigenvalue weighted by molar-refractivity contribution is 6.02. The zero-order chi connectivity index (χ0) is 19.3. The van der Waals surface area contributed by atoms with Crippen molar-refractivity contribution in [2.45, 2.75) is 25.7 Å². The average Bonchev–Trinajstić information content (AvgIpc) is 3.29. The van der Waals surface area contributed by atoms with E-state index in [4.69, 9.17) is 0 Å². The largest absolute Gasteiger partial charge is 0.352 e. The predicted octanol–water partition coefficient (Wildman–Crippen LogP) is 1.96. The van der Waals surface area contributed by atoms with E-state index in [1.807, 2.05) is 4.90 Å². The van der Waals surface area contributed by atoms with Gasteiger partial charge in [0.05, 0.1) is 12.4 Å². The Labute approximate surface area is 164 Å². The number of nitrogens with one attached hydrogen (secondary N) is 1. The third-order valence-electron chi connectivity index (χ3n) is 5.38. The maximum absolute atomic E-state index is 12.6. The molecule has 0 spiro atoms. The first-order valence-electron chi connectivity index (χ1n) is 9.79. The van der Waals surface area contributed by atoms with Crippen LogP contribution in [-0.4, -0.2) is 57.8 Å². The summed E-state index contributed by atoms with van der Waals surface area (Å²) >= 11 is 0. The number of carbonyl (C=O) groups is 2. The number of carbonyl (C=O) groups excluding carboxylic acids is 2. The van der Waals surface area contributed by atoms with Gasteiger partial charge >= 0.3 is 0 Å². The molecule has 8 nitrogen and oxygen atoms in total. The zero-order valence-electron chi connectivity index (χ0n) is 15.8. The summed E-state index contributed by atoms with van der Waals surface area (Å²) in [7, 11) is 0. The monoisotopic (exact) mass is 380 g/mol. The number of amides is 2. The molecule has 1 aliphatic carbocycles. The lowest BCUT2D eigenvalue weighted by Crippen LogP contribution is -2.50. The third kappa shape index (κ3) is 4.11. The van der Waals surface area contributed by atoms with Gasteiger partial charge in [0, 0.05) is 38.3 Å². The maximum atomic E-state index is 12.6. The Hall–Kier alpha value is -3.03. The van der Waals surface area contributed by atoms with E-state index in [2.05, 4.69) is 25.2 Å². The van der Waals surface area contributed by atoms with Gasteiger partial charge < -0.3 is 15.1 Å². The SMILES string of the molecule is O=C(Nc1ccccn1)c1cncc(N2CCN(C(=O)C3CCCC3)CC2)n1. The molecular weight excluding hydrogens is 356 g/mol. The molecule has 3 heterocycles. The van der Waals surface area contributed by atoms with Crippen molar-refractivity contribution in [3.8, 4) is 0 Å². The Morgan fingerprint density at radius 1 is 1.04 bits per heavy atom. The van der Waals surface area contributed by atoms with Crippen molar-refractivity contribution in [2.75, 3.05) is 36.4 Å². The first-order valence-corrected chi connectivity index (χ1v) is 9.79. The van der Waals surface area contributed by atoms with Crippen LogP contribution < -0.4 is 10.2 Å². The highest BCUT2D eigenvalue weighted by Gasteiger charge is 2.29. The molecule has 1 N–H and O–H groups in total. The van der Waals surface area contributed by atoms with Crippen molar-refractivity contribution >= 4 is 23.5 Å². The lowest BCUT2D eigenvalue weighted by molar-refractivity contribution is -0.135. The minimum atomic E-state index is -0.344. The molecule has 1 saturated heterocycles. The molecule has 2 aliphatic rings. The minimum Gasteiger partial charge on any atom is -0.352 e. The highest BCUT2D eigenvalue weighted by atomic mass is 16.2. The van der Waals surface area contributed by atoms with Gasteiger partial charge in [0.2, 0.25) is 5.91 Å². The van der Waals surface area contributed by atoms with Crippen LogP contribution in [0.1, 0.15) is 36.2 Å². The van der Waals surface area contributed by atoms with Gasteiger partial charge in [-0.25, -0.2) is 9.97 Å². The second-order valence-corrected chi connectivity index (χ2v) is 7.23. The summed E-state index contributed by atoms with van der Waals surface area (Å²) in [6.07, 6.45) is 9.10. The summed E-state index contributed by atoms with van der Waals surface area (Å²) in [5.41, 5.74) is 0.243. The molecule has 1 saturated carbocycles. The van der Waals surface area contributed by atoms with E-state index in [0.29, 0.717) is 43.7 Å². The van der Waals surface area contributed by atoms with Crippen LogP contribution >= 0.6 is 0 Å². The van der Waals surface area contributed by atoms with Crippen molar-refractivity contribution in [1.82, 2.24) is 19.9 Å². The summed E-state index contributed by atoms with van der Waals surface area (Å²) in [6.45, 7) is 2.75. The van der Waals surface area contributed by atoms with E-state index in [0.717, 1.165) is 12.8 Å². The lowest BCUT2D eigenvalue weighted by Gasteiger charge is -2.36. The molecule has 8 heteroatoms. The van der Waals surface area contributed by atoms with Gasteiger partial charge in [-0.05, 0) is 25.0 Å². The Balaban J connectivity index is 1.37. The van der Waals surface area contributed by atoms with Crippen molar-refractivity contribution < 1.29 is 9.59 Å². The molecular formula is C20H24N6O2. The molecule has 2 aromatic heterocycles. The first-order chi connectivity index (χ1) is 13.7. The molecule has 0 bridgehead atoms. The second-order valence-electron chi connectivity index (χ2n) is 7.23. The van der Waals surface area contributed by atoms with E-state index in [1.54, 1.807) is 30.6 Å². The van der Waals surface area contributed by atoms with Crippen LogP contribution in [0.15, 0.2) is 36.8 Å². The average molecular weight is 380 g/mol. The van der Waals surface area contributed by atoms with Crippen molar-refractivity contribution in [3.05, 3.63) is 42.5 Å². The Bertz CT molecular complexity index is 830. The summed E-state index contributed by atoms with van der Waals surface area (Å²) in [5.74, 6) is 1.29. The Morgan fingerprint density at radius 3 is 2.54 bits per heavy atom. The number of rotatable bonds is 4. The number of hydrogen-bond acceptors (Lipinski definition) is 6. The van der Waals surface area contributed by atoms with Gasteiger partial charge in [0.1, 0.15) is 17.3 Å². The molecule has 4 rings (SSSR count). The number of pyridine rings is 1. The topological polar surface area (TPSA) is 91.3 Å². The molecule has 0 atom stereocenters. The van der Waals surface area contributed by atoms with Crippen LogP contribution in [0.2, 0.25) is 0 Å².